The Morgan fingerprint density at radius 2 is 1.81 bits per heavy atom. The van der Waals surface area contributed by atoms with Crippen LogP contribution in [0.15, 0.2) is 84.3 Å². The lowest BCUT2D eigenvalue weighted by Crippen LogP contribution is -2.27. The van der Waals surface area contributed by atoms with Crippen molar-refractivity contribution < 1.29 is 4.79 Å². The van der Waals surface area contributed by atoms with Crippen molar-refractivity contribution in [2.45, 2.75) is 11.6 Å². The van der Waals surface area contributed by atoms with Gasteiger partial charge in [0.25, 0.3) is 0 Å². The van der Waals surface area contributed by atoms with E-state index in [2.05, 4.69) is 32.6 Å². The molecule has 0 saturated carbocycles. The normalized spacial score (nSPS) is 10.7. The Morgan fingerprint density at radius 1 is 1.00 bits per heavy atom. The van der Waals surface area contributed by atoms with Gasteiger partial charge in [-0.1, -0.05) is 53.7 Å². The van der Waals surface area contributed by atoms with Gasteiger partial charge in [0.2, 0.25) is 5.91 Å². The molecule has 2 heterocycles. The number of benzene rings is 2. The number of nitrogens with one attached hydrogen (secondary N) is 1. The van der Waals surface area contributed by atoms with Crippen molar-refractivity contribution >= 4 is 29.3 Å². The minimum Gasteiger partial charge on any atom is -0.355 e. The zero-order valence-electron chi connectivity index (χ0n) is 16.6. The second-order valence-corrected chi connectivity index (χ2v) is 8.11. The molecule has 4 aromatic rings. The molecule has 0 fully saturated rings. The van der Waals surface area contributed by atoms with Gasteiger partial charge in [0, 0.05) is 35.2 Å². The molecule has 2 aromatic carbocycles. The van der Waals surface area contributed by atoms with Crippen LogP contribution in [-0.2, 0) is 11.2 Å². The molecular formula is C23H20ClN5OS. The van der Waals surface area contributed by atoms with Crippen LogP contribution in [0.3, 0.4) is 0 Å². The standard InChI is InChI=1S/C23H20ClN5OS/c24-19-8-10-20(11-9-19)29-22(18-7-4-13-25-15-18)27-28-23(29)31-16-21(30)26-14-12-17-5-2-1-3-6-17/h1-11,13,15H,12,14,16H2,(H,26,30). The summed E-state index contributed by atoms with van der Waals surface area (Å²) in [6, 6.07) is 21.3. The van der Waals surface area contributed by atoms with E-state index in [-0.39, 0.29) is 11.7 Å². The molecule has 6 nitrogen and oxygen atoms in total. The molecule has 1 amide bonds. The highest BCUT2D eigenvalue weighted by Gasteiger charge is 2.17. The van der Waals surface area contributed by atoms with Crippen molar-refractivity contribution in [1.29, 1.82) is 0 Å². The van der Waals surface area contributed by atoms with Crippen molar-refractivity contribution in [3.63, 3.8) is 0 Å². The van der Waals surface area contributed by atoms with Gasteiger partial charge in [0.05, 0.1) is 5.75 Å². The molecule has 0 saturated heterocycles. The van der Waals surface area contributed by atoms with Crippen LogP contribution >= 0.6 is 23.4 Å². The van der Waals surface area contributed by atoms with E-state index in [9.17, 15) is 4.79 Å². The number of amides is 1. The Kier molecular flexibility index (Phi) is 6.96. The van der Waals surface area contributed by atoms with Crippen LogP contribution in [-0.4, -0.2) is 38.0 Å². The lowest BCUT2D eigenvalue weighted by Gasteiger charge is -2.10. The fraction of sp³-hybridized carbons (Fsp3) is 0.130. The van der Waals surface area contributed by atoms with Crippen LogP contribution in [0.25, 0.3) is 17.1 Å². The van der Waals surface area contributed by atoms with Gasteiger partial charge in [-0.15, -0.1) is 10.2 Å². The van der Waals surface area contributed by atoms with Gasteiger partial charge in [0.1, 0.15) is 0 Å². The predicted octanol–water partition coefficient (Wildman–Crippen LogP) is 4.43. The number of pyridine rings is 1. The Hall–Kier alpha value is -3.16. The highest BCUT2D eigenvalue weighted by molar-refractivity contribution is 7.99. The molecule has 0 atom stereocenters. The van der Waals surface area contributed by atoms with E-state index in [4.69, 9.17) is 11.6 Å². The van der Waals surface area contributed by atoms with Crippen LogP contribution in [0, 0.1) is 0 Å². The number of aromatic nitrogens is 4. The number of hydrogen-bond acceptors (Lipinski definition) is 5. The molecule has 4 rings (SSSR count). The molecule has 0 spiro atoms. The molecule has 0 unspecified atom stereocenters. The molecule has 8 heteroatoms. The maximum absolute atomic E-state index is 12.4. The summed E-state index contributed by atoms with van der Waals surface area (Å²) in [5, 5.41) is 12.9. The quantitative estimate of drug-likeness (QED) is 0.403. The molecule has 156 valence electrons. The van der Waals surface area contributed by atoms with Crippen LogP contribution in [0.2, 0.25) is 5.02 Å². The molecule has 0 aliphatic heterocycles. The number of carbonyl (C=O) groups is 1. The van der Waals surface area contributed by atoms with Crippen LogP contribution in [0.1, 0.15) is 5.56 Å². The molecule has 2 aromatic heterocycles. The Bertz CT molecular complexity index is 1130. The van der Waals surface area contributed by atoms with E-state index >= 15 is 0 Å². The second-order valence-electron chi connectivity index (χ2n) is 6.73. The monoisotopic (exact) mass is 449 g/mol. The van der Waals surface area contributed by atoms with Gasteiger partial charge in [0.15, 0.2) is 11.0 Å². The summed E-state index contributed by atoms with van der Waals surface area (Å²) in [5.41, 5.74) is 2.89. The number of hydrogen-bond donors (Lipinski definition) is 1. The fourth-order valence-corrected chi connectivity index (χ4v) is 3.95. The highest BCUT2D eigenvalue weighted by atomic mass is 35.5. The van der Waals surface area contributed by atoms with Gasteiger partial charge in [-0.2, -0.15) is 0 Å². The van der Waals surface area contributed by atoms with E-state index in [0.29, 0.717) is 22.5 Å². The summed E-state index contributed by atoms with van der Waals surface area (Å²) in [4.78, 5) is 16.5. The van der Waals surface area contributed by atoms with Crippen LogP contribution in [0.4, 0.5) is 0 Å². The lowest BCUT2D eigenvalue weighted by atomic mass is 10.1. The summed E-state index contributed by atoms with van der Waals surface area (Å²) in [5.74, 6) is 0.852. The molecule has 0 aliphatic rings. The lowest BCUT2D eigenvalue weighted by molar-refractivity contribution is -0.118. The average molecular weight is 450 g/mol. The third-order valence-corrected chi connectivity index (χ3v) is 5.73. The molecule has 0 bridgehead atoms. The third kappa shape index (κ3) is 5.51. The minimum absolute atomic E-state index is 0.0467. The highest BCUT2D eigenvalue weighted by Crippen LogP contribution is 2.28. The zero-order chi connectivity index (χ0) is 21.5. The Labute approximate surface area is 189 Å². The molecule has 0 aliphatic carbocycles. The van der Waals surface area contributed by atoms with E-state index in [1.54, 1.807) is 12.4 Å². The summed E-state index contributed by atoms with van der Waals surface area (Å²) < 4.78 is 1.91. The van der Waals surface area contributed by atoms with Crippen molar-refractivity contribution in [2.75, 3.05) is 12.3 Å². The Morgan fingerprint density at radius 3 is 2.55 bits per heavy atom. The number of nitrogens with zero attached hydrogens (tertiary/aromatic N) is 4. The molecule has 31 heavy (non-hydrogen) atoms. The second kappa shape index (κ2) is 10.2. The SMILES string of the molecule is O=C(CSc1nnc(-c2cccnc2)n1-c1ccc(Cl)cc1)NCCc1ccccc1. The summed E-state index contributed by atoms with van der Waals surface area (Å²) in [7, 11) is 0. The number of halogens is 1. The maximum atomic E-state index is 12.4. The van der Waals surface area contributed by atoms with Crippen molar-refractivity contribution in [3.8, 4) is 17.1 Å². The first kappa shape index (κ1) is 21.1. The van der Waals surface area contributed by atoms with Crippen LogP contribution < -0.4 is 5.32 Å². The number of rotatable bonds is 8. The molecule has 0 radical (unpaired) electrons. The van der Waals surface area contributed by atoms with E-state index in [0.717, 1.165) is 17.7 Å². The zero-order valence-corrected chi connectivity index (χ0v) is 18.2. The molecular weight excluding hydrogens is 430 g/mol. The third-order valence-electron chi connectivity index (χ3n) is 4.55. The first-order valence-corrected chi connectivity index (χ1v) is 11.1. The topological polar surface area (TPSA) is 72.7 Å². The number of thioether (sulfide) groups is 1. The first-order chi connectivity index (χ1) is 15.2. The van der Waals surface area contributed by atoms with Gasteiger partial charge >= 0.3 is 0 Å². The van der Waals surface area contributed by atoms with Crippen molar-refractivity contribution in [3.05, 3.63) is 89.7 Å². The average Bonchev–Trinajstić information content (AvgIpc) is 3.23. The predicted molar refractivity (Wildman–Crippen MR) is 123 cm³/mol. The number of carbonyl (C=O) groups excluding carboxylic acids is 1. The van der Waals surface area contributed by atoms with E-state index in [1.165, 1.54) is 17.3 Å². The minimum atomic E-state index is -0.0467. The molecule has 1 N–H and O–H groups in total. The summed E-state index contributed by atoms with van der Waals surface area (Å²) in [6.45, 7) is 0.591. The van der Waals surface area contributed by atoms with Crippen molar-refractivity contribution in [1.82, 2.24) is 25.1 Å². The summed E-state index contributed by atoms with van der Waals surface area (Å²) in [6.07, 6.45) is 4.24. The first-order valence-electron chi connectivity index (χ1n) is 9.76. The van der Waals surface area contributed by atoms with Gasteiger partial charge in [-0.3, -0.25) is 14.3 Å². The van der Waals surface area contributed by atoms with Gasteiger partial charge in [-0.25, -0.2) is 0 Å². The van der Waals surface area contributed by atoms with Gasteiger partial charge < -0.3 is 5.32 Å². The largest absolute Gasteiger partial charge is 0.355 e. The van der Waals surface area contributed by atoms with Crippen LogP contribution in [0.5, 0.6) is 0 Å². The smallest absolute Gasteiger partial charge is 0.230 e. The Balaban J connectivity index is 1.47. The fourth-order valence-electron chi connectivity index (χ4n) is 3.04. The van der Waals surface area contributed by atoms with E-state index < -0.39 is 0 Å². The van der Waals surface area contributed by atoms with Gasteiger partial charge in [-0.05, 0) is 48.4 Å². The van der Waals surface area contributed by atoms with E-state index in [1.807, 2.05) is 59.2 Å². The van der Waals surface area contributed by atoms with Crippen molar-refractivity contribution in [2.24, 2.45) is 0 Å². The maximum Gasteiger partial charge on any atom is 0.230 e. The summed E-state index contributed by atoms with van der Waals surface area (Å²) >= 11 is 7.40.